The molecular formula is C17H34IN5O. The van der Waals surface area contributed by atoms with E-state index < -0.39 is 0 Å². The molecule has 2 N–H and O–H groups in total. The van der Waals surface area contributed by atoms with Crippen LogP contribution in [-0.4, -0.2) is 74.0 Å². The van der Waals surface area contributed by atoms with E-state index in [2.05, 4.69) is 20.5 Å². The van der Waals surface area contributed by atoms with E-state index in [1.165, 1.54) is 32.4 Å². The van der Waals surface area contributed by atoms with Gasteiger partial charge in [0.2, 0.25) is 5.91 Å². The third-order valence-electron chi connectivity index (χ3n) is 4.73. The first-order valence-corrected chi connectivity index (χ1v) is 9.08. The van der Waals surface area contributed by atoms with Crippen molar-refractivity contribution in [3.63, 3.8) is 0 Å². The van der Waals surface area contributed by atoms with Crippen LogP contribution in [0.3, 0.4) is 0 Å². The number of carbonyl (C=O) groups excluding carboxylic acids is 1. The fourth-order valence-electron chi connectivity index (χ4n) is 3.35. The second kappa shape index (κ2) is 11.1. The van der Waals surface area contributed by atoms with Crippen molar-refractivity contribution in [2.75, 3.05) is 46.3 Å². The predicted molar refractivity (Wildman–Crippen MR) is 110 cm³/mol. The Bertz CT molecular complexity index is 410. The Morgan fingerprint density at radius 3 is 2.54 bits per heavy atom. The standard InChI is InChI=1S/C17H33N5O.HI/c1-14(2)16(23)22-11-7-15(13-22)20-17(18-3)19-8-12-21-9-5-4-6-10-21;/h14-15H,4-13H2,1-3H3,(H2,18,19,20);1H. The second-order valence-electron chi connectivity index (χ2n) is 6.97. The van der Waals surface area contributed by atoms with E-state index >= 15 is 0 Å². The molecule has 0 aliphatic carbocycles. The molecular weight excluding hydrogens is 417 g/mol. The predicted octanol–water partition coefficient (Wildman–Crippen LogP) is 1.51. The molecule has 2 rings (SSSR count). The summed E-state index contributed by atoms with van der Waals surface area (Å²) in [5, 5.41) is 6.86. The Balaban J connectivity index is 0.00000288. The number of likely N-dealkylation sites (tertiary alicyclic amines) is 2. The third-order valence-corrected chi connectivity index (χ3v) is 4.73. The molecule has 0 aromatic carbocycles. The minimum atomic E-state index is 0. The number of carbonyl (C=O) groups is 1. The van der Waals surface area contributed by atoms with Crippen LogP contribution in [0.5, 0.6) is 0 Å². The van der Waals surface area contributed by atoms with Crippen LogP contribution >= 0.6 is 24.0 Å². The van der Waals surface area contributed by atoms with Gasteiger partial charge in [-0.15, -0.1) is 24.0 Å². The number of rotatable bonds is 5. The van der Waals surface area contributed by atoms with Gasteiger partial charge in [-0.1, -0.05) is 20.3 Å². The summed E-state index contributed by atoms with van der Waals surface area (Å²) in [5.74, 6) is 1.18. The van der Waals surface area contributed by atoms with Crippen molar-refractivity contribution in [1.29, 1.82) is 0 Å². The molecule has 1 unspecified atom stereocenters. The number of hydrogen-bond donors (Lipinski definition) is 2. The highest BCUT2D eigenvalue weighted by Crippen LogP contribution is 2.12. The molecule has 2 heterocycles. The maximum Gasteiger partial charge on any atom is 0.225 e. The average Bonchev–Trinajstić information content (AvgIpc) is 3.02. The lowest BCUT2D eigenvalue weighted by atomic mass is 10.1. The van der Waals surface area contributed by atoms with E-state index in [9.17, 15) is 4.79 Å². The van der Waals surface area contributed by atoms with Crippen LogP contribution in [-0.2, 0) is 4.79 Å². The smallest absolute Gasteiger partial charge is 0.225 e. The molecule has 0 bridgehead atoms. The summed E-state index contributed by atoms with van der Waals surface area (Å²) < 4.78 is 0. The maximum atomic E-state index is 12.0. The Morgan fingerprint density at radius 1 is 1.21 bits per heavy atom. The normalized spacial score (nSPS) is 22.4. The summed E-state index contributed by atoms with van der Waals surface area (Å²) in [7, 11) is 1.81. The molecule has 24 heavy (non-hydrogen) atoms. The summed E-state index contributed by atoms with van der Waals surface area (Å²) in [4.78, 5) is 20.8. The molecule has 1 atom stereocenters. The first-order chi connectivity index (χ1) is 11.1. The van der Waals surface area contributed by atoms with E-state index in [0.717, 1.165) is 38.6 Å². The highest BCUT2D eigenvalue weighted by Gasteiger charge is 2.27. The van der Waals surface area contributed by atoms with Gasteiger partial charge in [-0.3, -0.25) is 9.79 Å². The Morgan fingerprint density at radius 2 is 1.92 bits per heavy atom. The van der Waals surface area contributed by atoms with Crippen molar-refractivity contribution in [2.45, 2.75) is 45.6 Å². The topological polar surface area (TPSA) is 60.0 Å². The molecule has 0 aromatic rings. The maximum absolute atomic E-state index is 12.0. The van der Waals surface area contributed by atoms with Crippen LogP contribution in [0.2, 0.25) is 0 Å². The molecule has 2 aliphatic rings. The van der Waals surface area contributed by atoms with Gasteiger partial charge >= 0.3 is 0 Å². The monoisotopic (exact) mass is 451 g/mol. The fourth-order valence-corrected chi connectivity index (χ4v) is 3.35. The molecule has 0 aromatic heterocycles. The number of aliphatic imine (C=N–C) groups is 1. The van der Waals surface area contributed by atoms with Gasteiger partial charge in [0.15, 0.2) is 5.96 Å². The van der Waals surface area contributed by atoms with Gasteiger partial charge in [0.05, 0.1) is 0 Å². The largest absolute Gasteiger partial charge is 0.355 e. The Kier molecular flexibility index (Phi) is 9.95. The third kappa shape index (κ3) is 6.74. The average molecular weight is 451 g/mol. The molecule has 140 valence electrons. The van der Waals surface area contributed by atoms with Crippen LogP contribution < -0.4 is 10.6 Å². The Hall–Kier alpha value is -0.570. The van der Waals surface area contributed by atoms with Crippen LogP contribution in [0.1, 0.15) is 39.5 Å². The number of nitrogens with zero attached hydrogens (tertiary/aromatic N) is 3. The number of guanidine groups is 1. The highest BCUT2D eigenvalue weighted by atomic mass is 127. The number of halogens is 1. The lowest BCUT2D eigenvalue weighted by molar-refractivity contribution is -0.133. The lowest BCUT2D eigenvalue weighted by Crippen LogP contribution is -2.47. The summed E-state index contributed by atoms with van der Waals surface area (Å²) in [6.45, 7) is 9.99. The first kappa shape index (κ1) is 21.5. The van der Waals surface area contributed by atoms with Crippen molar-refractivity contribution < 1.29 is 4.79 Å². The van der Waals surface area contributed by atoms with Crippen LogP contribution in [0, 0.1) is 5.92 Å². The molecule has 7 heteroatoms. The van der Waals surface area contributed by atoms with Gasteiger partial charge in [0.1, 0.15) is 0 Å². The molecule has 0 radical (unpaired) electrons. The van der Waals surface area contributed by atoms with Crippen molar-refractivity contribution in [3.8, 4) is 0 Å². The lowest BCUT2D eigenvalue weighted by Gasteiger charge is -2.27. The second-order valence-corrected chi connectivity index (χ2v) is 6.97. The van der Waals surface area contributed by atoms with Gasteiger partial charge in [0.25, 0.3) is 0 Å². The first-order valence-electron chi connectivity index (χ1n) is 9.08. The summed E-state index contributed by atoms with van der Waals surface area (Å²) in [5.41, 5.74) is 0. The van der Waals surface area contributed by atoms with Gasteiger partial charge in [-0.25, -0.2) is 0 Å². The van der Waals surface area contributed by atoms with Crippen LogP contribution in [0.4, 0.5) is 0 Å². The summed E-state index contributed by atoms with van der Waals surface area (Å²) in [6, 6.07) is 0.305. The molecule has 2 aliphatic heterocycles. The molecule has 2 fully saturated rings. The van der Waals surface area contributed by atoms with Crippen molar-refractivity contribution >= 4 is 35.8 Å². The molecule has 6 nitrogen and oxygen atoms in total. The number of nitrogens with one attached hydrogen (secondary N) is 2. The van der Waals surface area contributed by atoms with Crippen LogP contribution in [0.15, 0.2) is 4.99 Å². The zero-order valence-corrected chi connectivity index (χ0v) is 17.7. The minimum absolute atomic E-state index is 0. The Labute approximate surface area is 163 Å². The summed E-state index contributed by atoms with van der Waals surface area (Å²) >= 11 is 0. The molecule has 2 saturated heterocycles. The molecule has 1 amide bonds. The quantitative estimate of drug-likeness (QED) is 0.378. The minimum Gasteiger partial charge on any atom is -0.355 e. The number of hydrogen-bond acceptors (Lipinski definition) is 3. The van der Waals surface area contributed by atoms with E-state index in [1.54, 1.807) is 0 Å². The van der Waals surface area contributed by atoms with Gasteiger partial charge in [-0.2, -0.15) is 0 Å². The van der Waals surface area contributed by atoms with E-state index in [1.807, 2.05) is 25.8 Å². The molecule has 0 saturated carbocycles. The fraction of sp³-hybridized carbons (Fsp3) is 0.882. The zero-order valence-electron chi connectivity index (χ0n) is 15.4. The van der Waals surface area contributed by atoms with Gasteiger partial charge < -0.3 is 20.4 Å². The van der Waals surface area contributed by atoms with Crippen molar-refractivity contribution in [1.82, 2.24) is 20.4 Å². The van der Waals surface area contributed by atoms with E-state index in [4.69, 9.17) is 0 Å². The number of amides is 1. The van der Waals surface area contributed by atoms with E-state index in [0.29, 0.717) is 6.04 Å². The molecule has 0 spiro atoms. The zero-order chi connectivity index (χ0) is 16.7. The van der Waals surface area contributed by atoms with Crippen molar-refractivity contribution in [3.05, 3.63) is 0 Å². The van der Waals surface area contributed by atoms with Crippen molar-refractivity contribution in [2.24, 2.45) is 10.9 Å². The van der Waals surface area contributed by atoms with E-state index in [-0.39, 0.29) is 35.8 Å². The van der Waals surface area contributed by atoms with Gasteiger partial charge in [0, 0.05) is 45.2 Å². The van der Waals surface area contributed by atoms with Gasteiger partial charge in [-0.05, 0) is 32.4 Å². The number of piperidine rings is 1. The summed E-state index contributed by atoms with van der Waals surface area (Å²) in [6.07, 6.45) is 5.02. The SMILES string of the molecule is CN=C(NCCN1CCCCC1)NC1CCN(C(=O)C(C)C)C1.I. The highest BCUT2D eigenvalue weighted by molar-refractivity contribution is 14.0. The van der Waals surface area contributed by atoms with Crippen LogP contribution in [0.25, 0.3) is 0 Å².